The van der Waals surface area contributed by atoms with E-state index < -0.39 is 0 Å². The molecule has 3 nitrogen and oxygen atoms in total. The molecule has 0 unspecified atom stereocenters. The van der Waals surface area contributed by atoms with E-state index in [1.807, 2.05) is 12.1 Å². The van der Waals surface area contributed by atoms with Crippen LogP contribution in [0.4, 0.5) is 0 Å². The molecule has 192 valence electrons. The number of benzene rings is 6. The van der Waals surface area contributed by atoms with Crippen molar-refractivity contribution in [2.24, 2.45) is 0 Å². The van der Waals surface area contributed by atoms with E-state index in [0.717, 1.165) is 33.6 Å². The van der Waals surface area contributed by atoms with E-state index in [0.29, 0.717) is 0 Å². The highest BCUT2D eigenvalue weighted by Crippen LogP contribution is 2.39. The van der Waals surface area contributed by atoms with Gasteiger partial charge in [-0.05, 0) is 59.7 Å². The fourth-order valence-corrected chi connectivity index (χ4v) is 6.50. The zero-order chi connectivity index (χ0) is 26.9. The monoisotopic (exact) mass is 524 g/mol. The van der Waals surface area contributed by atoms with Crippen molar-refractivity contribution in [3.05, 3.63) is 146 Å². The third-order valence-electron chi connectivity index (χ3n) is 8.36. The van der Waals surface area contributed by atoms with Gasteiger partial charge in [0.15, 0.2) is 0 Å². The predicted molar refractivity (Wildman–Crippen MR) is 170 cm³/mol. The molecule has 6 aromatic carbocycles. The summed E-state index contributed by atoms with van der Waals surface area (Å²) in [5.74, 6) is 0. The molecule has 0 radical (unpaired) electrons. The van der Waals surface area contributed by atoms with Crippen molar-refractivity contribution in [1.82, 2.24) is 9.13 Å². The Morgan fingerprint density at radius 1 is 0.366 bits per heavy atom. The molecule has 0 spiro atoms. The van der Waals surface area contributed by atoms with Gasteiger partial charge in [-0.3, -0.25) is 4.57 Å². The molecule has 0 amide bonds. The maximum absolute atomic E-state index is 6.41. The Labute approximate surface area is 236 Å². The minimum absolute atomic E-state index is 0.885. The van der Waals surface area contributed by atoms with E-state index in [1.54, 1.807) is 0 Å². The van der Waals surface area contributed by atoms with Gasteiger partial charge in [0, 0.05) is 32.9 Å². The fraction of sp³-hybridized carbons (Fsp3) is 0. The number of furan rings is 1. The predicted octanol–water partition coefficient (Wildman–Crippen LogP) is 10.3. The molecule has 9 rings (SSSR count). The van der Waals surface area contributed by atoms with Gasteiger partial charge >= 0.3 is 0 Å². The SMILES string of the molecule is c1ccc2c(c1)oc1c2c2ccccc2n1-c1ccc(-c2ccc(-n3c4ccccc4c4ccccc43)cc2)cc1. The van der Waals surface area contributed by atoms with Crippen LogP contribution in [0.3, 0.4) is 0 Å². The van der Waals surface area contributed by atoms with E-state index >= 15 is 0 Å². The van der Waals surface area contributed by atoms with Crippen LogP contribution in [0.2, 0.25) is 0 Å². The molecule has 0 bridgehead atoms. The second-order valence-electron chi connectivity index (χ2n) is 10.6. The maximum atomic E-state index is 6.41. The van der Waals surface area contributed by atoms with Crippen molar-refractivity contribution < 1.29 is 4.42 Å². The first-order valence-corrected chi connectivity index (χ1v) is 14.0. The van der Waals surface area contributed by atoms with Crippen LogP contribution in [0.5, 0.6) is 0 Å². The molecule has 0 N–H and O–H groups in total. The summed E-state index contributed by atoms with van der Waals surface area (Å²) in [5, 5.41) is 6.08. The van der Waals surface area contributed by atoms with E-state index in [4.69, 9.17) is 4.42 Å². The van der Waals surface area contributed by atoms with Crippen LogP contribution in [0.15, 0.2) is 150 Å². The van der Waals surface area contributed by atoms with Crippen LogP contribution in [0.1, 0.15) is 0 Å². The average molecular weight is 525 g/mol. The number of rotatable bonds is 3. The molecule has 0 aliphatic rings. The standard InChI is InChI=1S/C38H24N2O/c1-5-13-33-29(9-1)30-10-2-6-14-34(30)39(33)27-21-17-25(18-22-27)26-19-23-28(24-20-26)40-35-15-7-3-11-31(35)37-32-12-4-8-16-36(32)41-38(37)40/h1-24H. The zero-order valence-electron chi connectivity index (χ0n) is 22.2. The largest absolute Gasteiger partial charge is 0.439 e. The third kappa shape index (κ3) is 3.20. The molecular formula is C38H24N2O. The van der Waals surface area contributed by atoms with Gasteiger partial charge in [-0.25, -0.2) is 0 Å². The second kappa shape index (κ2) is 8.48. The first-order chi connectivity index (χ1) is 20.3. The summed E-state index contributed by atoms with van der Waals surface area (Å²) < 4.78 is 11.0. The highest BCUT2D eigenvalue weighted by Gasteiger charge is 2.19. The summed E-state index contributed by atoms with van der Waals surface area (Å²) in [7, 11) is 0. The van der Waals surface area contributed by atoms with Gasteiger partial charge < -0.3 is 8.98 Å². The van der Waals surface area contributed by atoms with Crippen LogP contribution < -0.4 is 0 Å². The molecular weight excluding hydrogens is 500 g/mol. The van der Waals surface area contributed by atoms with Gasteiger partial charge in [0.1, 0.15) is 5.58 Å². The molecule has 0 saturated heterocycles. The number of hydrogen-bond donors (Lipinski definition) is 0. The van der Waals surface area contributed by atoms with Gasteiger partial charge in [-0.1, -0.05) is 97.1 Å². The summed E-state index contributed by atoms with van der Waals surface area (Å²) in [6, 6.07) is 51.8. The number of aromatic nitrogens is 2. The minimum atomic E-state index is 0.885. The Kier molecular flexibility index (Phi) is 4.61. The topological polar surface area (TPSA) is 23.0 Å². The lowest BCUT2D eigenvalue weighted by atomic mass is 10.0. The van der Waals surface area contributed by atoms with Gasteiger partial charge in [0.2, 0.25) is 5.71 Å². The maximum Gasteiger partial charge on any atom is 0.213 e. The molecule has 0 saturated carbocycles. The number of fused-ring (bicyclic) bond motifs is 8. The first-order valence-electron chi connectivity index (χ1n) is 14.0. The first kappa shape index (κ1) is 22.3. The average Bonchev–Trinajstić information content (AvgIpc) is 3.68. The fourth-order valence-electron chi connectivity index (χ4n) is 6.50. The molecule has 41 heavy (non-hydrogen) atoms. The molecule has 3 heteroatoms. The minimum Gasteiger partial charge on any atom is -0.439 e. The lowest BCUT2D eigenvalue weighted by Crippen LogP contribution is -1.94. The van der Waals surface area contributed by atoms with Gasteiger partial charge in [0.25, 0.3) is 0 Å². The molecule has 0 aliphatic heterocycles. The lowest BCUT2D eigenvalue weighted by Gasteiger charge is -2.10. The van der Waals surface area contributed by atoms with Crippen molar-refractivity contribution in [2.75, 3.05) is 0 Å². The zero-order valence-corrected chi connectivity index (χ0v) is 22.2. The number of nitrogens with zero attached hydrogens (tertiary/aromatic N) is 2. The number of para-hydroxylation sites is 4. The van der Waals surface area contributed by atoms with Crippen molar-refractivity contribution >= 4 is 54.8 Å². The van der Waals surface area contributed by atoms with Crippen molar-refractivity contribution in [3.63, 3.8) is 0 Å². The molecule has 0 fully saturated rings. The molecule has 0 atom stereocenters. The lowest BCUT2D eigenvalue weighted by molar-refractivity contribution is 0.645. The van der Waals surface area contributed by atoms with Gasteiger partial charge in [0.05, 0.1) is 21.9 Å². The van der Waals surface area contributed by atoms with E-state index in [9.17, 15) is 0 Å². The summed E-state index contributed by atoms with van der Waals surface area (Å²) in [6.45, 7) is 0. The van der Waals surface area contributed by atoms with E-state index in [1.165, 1.54) is 43.7 Å². The van der Waals surface area contributed by atoms with Crippen LogP contribution in [0.25, 0.3) is 77.3 Å². The van der Waals surface area contributed by atoms with Crippen molar-refractivity contribution in [3.8, 4) is 22.5 Å². The Balaban J connectivity index is 1.13. The van der Waals surface area contributed by atoms with Crippen LogP contribution in [0, 0.1) is 0 Å². The van der Waals surface area contributed by atoms with Crippen molar-refractivity contribution in [1.29, 1.82) is 0 Å². The van der Waals surface area contributed by atoms with Crippen LogP contribution in [-0.2, 0) is 0 Å². The highest BCUT2D eigenvalue weighted by atomic mass is 16.3. The van der Waals surface area contributed by atoms with Gasteiger partial charge in [-0.15, -0.1) is 0 Å². The normalized spacial score (nSPS) is 11.9. The van der Waals surface area contributed by atoms with Crippen LogP contribution >= 0.6 is 0 Å². The Hall–Kier alpha value is -5.54. The number of hydrogen-bond acceptors (Lipinski definition) is 1. The Morgan fingerprint density at radius 2 is 0.805 bits per heavy atom. The van der Waals surface area contributed by atoms with Crippen molar-refractivity contribution in [2.45, 2.75) is 0 Å². The van der Waals surface area contributed by atoms with E-state index in [2.05, 4.69) is 143 Å². The quantitative estimate of drug-likeness (QED) is 0.225. The molecule has 9 aromatic rings. The van der Waals surface area contributed by atoms with E-state index in [-0.39, 0.29) is 0 Å². The Bertz CT molecular complexity index is 2350. The summed E-state index contributed by atoms with van der Waals surface area (Å²) >= 11 is 0. The molecule has 0 aliphatic carbocycles. The third-order valence-corrected chi connectivity index (χ3v) is 8.36. The highest BCUT2D eigenvalue weighted by molar-refractivity contribution is 6.19. The summed E-state index contributed by atoms with van der Waals surface area (Å²) in [4.78, 5) is 0. The van der Waals surface area contributed by atoms with Gasteiger partial charge in [-0.2, -0.15) is 0 Å². The molecule has 3 heterocycles. The second-order valence-corrected chi connectivity index (χ2v) is 10.6. The molecule has 3 aromatic heterocycles. The Morgan fingerprint density at radius 3 is 1.39 bits per heavy atom. The van der Waals surface area contributed by atoms with Crippen LogP contribution in [-0.4, -0.2) is 9.13 Å². The summed E-state index contributed by atoms with van der Waals surface area (Å²) in [6.07, 6.45) is 0. The summed E-state index contributed by atoms with van der Waals surface area (Å²) in [5.41, 5.74) is 10.0. The smallest absolute Gasteiger partial charge is 0.213 e.